The second kappa shape index (κ2) is 9.61. The summed E-state index contributed by atoms with van der Waals surface area (Å²) in [5.41, 5.74) is 1.50. The highest BCUT2D eigenvalue weighted by Crippen LogP contribution is 2.17. The van der Waals surface area contributed by atoms with Gasteiger partial charge in [0, 0.05) is 43.6 Å². The third-order valence-corrected chi connectivity index (χ3v) is 5.26. The number of Topliss-reactive ketones (excluding diaryl/α,β-unsaturated/α-hetero) is 1. The maximum absolute atomic E-state index is 13.8. The second-order valence-electron chi connectivity index (χ2n) is 7.55. The summed E-state index contributed by atoms with van der Waals surface area (Å²) in [5.74, 6) is -2.38. The second-order valence-corrected chi connectivity index (χ2v) is 7.55. The van der Waals surface area contributed by atoms with Crippen LogP contribution in [0.2, 0.25) is 0 Å². The first-order valence-corrected chi connectivity index (χ1v) is 9.97. The van der Waals surface area contributed by atoms with Gasteiger partial charge in [-0.2, -0.15) is 0 Å². The summed E-state index contributed by atoms with van der Waals surface area (Å²) in [5, 5.41) is 2.90. The Kier molecular flexibility index (Phi) is 6.92. The molecule has 1 N–H and O–H groups in total. The maximum Gasteiger partial charge on any atom is 0.256 e. The summed E-state index contributed by atoms with van der Waals surface area (Å²) in [6, 6.07) is 10.0. The Labute approximate surface area is 174 Å². The number of rotatable bonds is 6. The van der Waals surface area contributed by atoms with Crippen LogP contribution in [0, 0.1) is 18.6 Å². The molecular weight excluding hydrogens is 390 g/mol. The highest BCUT2D eigenvalue weighted by atomic mass is 19.1. The fourth-order valence-electron chi connectivity index (χ4n) is 3.47. The third-order valence-electron chi connectivity index (χ3n) is 5.26. The topological polar surface area (TPSA) is 66.5 Å². The van der Waals surface area contributed by atoms with Crippen LogP contribution in [0.1, 0.15) is 52.0 Å². The number of ketones is 1. The molecule has 30 heavy (non-hydrogen) atoms. The van der Waals surface area contributed by atoms with Crippen LogP contribution in [0.25, 0.3) is 0 Å². The molecule has 0 aromatic heterocycles. The van der Waals surface area contributed by atoms with Crippen LogP contribution >= 0.6 is 0 Å². The predicted molar refractivity (Wildman–Crippen MR) is 108 cm³/mol. The van der Waals surface area contributed by atoms with Crippen molar-refractivity contribution in [3.05, 3.63) is 70.8 Å². The first-order valence-electron chi connectivity index (χ1n) is 9.97. The number of nitrogens with one attached hydrogen (secondary N) is 1. The minimum absolute atomic E-state index is 0.0770. The lowest BCUT2D eigenvalue weighted by Crippen LogP contribution is -2.46. The van der Waals surface area contributed by atoms with Gasteiger partial charge in [0.05, 0.1) is 5.56 Å². The van der Waals surface area contributed by atoms with Gasteiger partial charge in [-0.3, -0.25) is 14.4 Å². The smallest absolute Gasteiger partial charge is 0.256 e. The number of aryl methyl sites for hydroxylation is 1. The number of halogens is 2. The molecule has 0 unspecified atom stereocenters. The molecule has 0 atom stereocenters. The summed E-state index contributed by atoms with van der Waals surface area (Å²) in [6.45, 7) is 2.67. The lowest BCUT2D eigenvalue weighted by atomic mass is 10.0. The molecule has 158 valence electrons. The van der Waals surface area contributed by atoms with Crippen molar-refractivity contribution < 1.29 is 23.2 Å². The predicted octanol–water partition coefficient (Wildman–Crippen LogP) is 3.66. The summed E-state index contributed by atoms with van der Waals surface area (Å²) in [6.07, 6.45) is 1.31. The van der Waals surface area contributed by atoms with Gasteiger partial charge in [-0.25, -0.2) is 8.78 Å². The van der Waals surface area contributed by atoms with E-state index in [-0.39, 0.29) is 36.1 Å². The first kappa shape index (κ1) is 21.6. The van der Waals surface area contributed by atoms with Crippen LogP contribution in [0.15, 0.2) is 42.5 Å². The normalized spacial score (nSPS) is 14.4. The third kappa shape index (κ3) is 5.49. The number of likely N-dealkylation sites (tertiary alicyclic amines) is 1. The van der Waals surface area contributed by atoms with Crippen molar-refractivity contribution in [2.75, 3.05) is 13.1 Å². The fourth-order valence-corrected chi connectivity index (χ4v) is 3.47. The first-order chi connectivity index (χ1) is 14.3. The molecule has 2 aromatic rings. The molecule has 1 fully saturated rings. The van der Waals surface area contributed by atoms with Gasteiger partial charge in [0.2, 0.25) is 5.91 Å². The monoisotopic (exact) mass is 414 g/mol. The zero-order chi connectivity index (χ0) is 21.7. The molecule has 0 spiro atoms. The Hall–Kier alpha value is -3.09. The van der Waals surface area contributed by atoms with Crippen molar-refractivity contribution >= 4 is 17.6 Å². The Morgan fingerprint density at radius 3 is 2.30 bits per heavy atom. The van der Waals surface area contributed by atoms with Crippen LogP contribution in [0.3, 0.4) is 0 Å². The SMILES string of the molecule is Cc1ccc(C(=O)CCC(=O)NC2CCN(C(=O)c3ccc(F)cc3F)CC2)cc1. The summed E-state index contributed by atoms with van der Waals surface area (Å²) in [4.78, 5) is 38.3. The van der Waals surface area contributed by atoms with Crippen LogP contribution in [0.4, 0.5) is 8.78 Å². The number of hydrogen-bond donors (Lipinski definition) is 1. The zero-order valence-corrected chi connectivity index (χ0v) is 16.8. The van der Waals surface area contributed by atoms with Crippen molar-refractivity contribution in [2.45, 2.75) is 38.6 Å². The van der Waals surface area contributed by atoms with Crippen molar-refractivity contribution in [1.82, 2.24) is 10.2 Å². The summed E-state index contributed by atoms with van der Waals surface area (Å²) >= 11 is 0. The molecule has 1 saturated heterocycles. The molecule has 2 aromatic carbocycles. The van der Waals surface area contributed by atoms with Crippen molar-refractivity contribution in [1.29, 1.82) is 0 Å². The van der Waals surface area contributed by atoms with E-state index >= 15 is 0 Å². The number of carbonyl (C=O) groups is 3. The van der Waals surface area contributed by atoms with E-state index in [9.17, 15) is 23.2 Å². The molecule has 5 nitrogen and oxygen atoms in total. The molecule has 7 heteroatoms. The fraction of sp³-hybridized carbons (Fsp3) is 0.348. The zero-order valence-electron chi connectivity index (χ0n) is 16.8. The van der Waals surface area contributed by atoms with Gasteiger partial charge < -0.3 is 10.2 Å². The molecular formula is C23H24F2N2O3. The van der Waals surface area contributed by atoms with Gasteiger partial charge in [-0.05, 0) is 31.9 Å². The Morgan fingerprint density at radius 2 is 1.67 bits per heavy atom. The Balaban J connectivity index is 1.43. The van der Waals surface area contributed by atoms with E-state index in [4.69, 9.17) is 0 Å². The van der Waals surface area contributed by atoms with E-state index in [0.29, 0.717) is 37.6 Å². The quantitative estimate of drug-likeness (QED) is 0.734. The largest absolute Gasteiger partial charge is 0.353 e. The molecule has 1 aliphatic heterocycles. The van der Waals surface area contributed by atoms with Crippen molar-refractivity contribution in [2.24, 2.45) is 0 Å². The maximum atomic E-state index is 13.8. The number of carbonyl (C=O) groups excluding carboxylic acids is 3. The number of amides is 2. The van der Waals surface area contributed by atoms with E-state index in [0.717, 1.165) is 17.7 Å². The molecule has 3 rings (SSSR count). The van der Waals surface area contributed by atoms with Gasteiger partial charge >= 0.3 is 0 Å². The van der Waals surface area contributed by atoms with Gasteiger partial charge in [0.25, 0.3) is 5.91 Å². The number of nitrogens with zero attached hydrogens (tertiary/aromatic N) is 1. The van der Waals surface area contributed by atoms with Gasteiger partial charge in [-0.1, -0.05) is 29.8 Å². The van der Waals surface area contributed by atoms with Crippen molar-refractivity contribution in [3.8, 4) is 0 Å². The molecule has 0 aliphatic carbocycles. The van der Waals surface area contributed by atoms with Gasteiger partial charge in [-0.15, -0.1) is 0 Å². The van der Waals surface area contributed by atoms with E-state index < -0.39 is 17.5 Å². The molecule has 2 amide bonds. The lowest BCUT2D eigenvalue weighted by molar-refractivity contribution is -0.122. The molecule has 0 saturated carbocycles. The molecule has 1 heterocycles. The van der Waals surface area contributed by atoms with Gasteiger partial charge in [0.1, 0.15) is 11.6 Å². The van der Waals surface area contributed by atoms with Crippen molar-refractivity contribution in [3.63, 3.8) is 0 Å². The summed E-state index contributed by atoms with van der Waals surface area (Å²) in [7, 11) is 0. The van der Waals surface area contributed by atoms with Gasteiger partial charge in [0.15, 0.2) is 5.78 Å². The highest BCUT2D eigenvalue weighted by molar-refractivity contribution is 5.98. The summed E-state index contributed by atoms with van der Waals surface area (Å²) < 4.78 is 26.8. The van der Waals surface area contributed by atoms with E-state index in [1.807, 2.05) is 19.1 Å². The average molecular weight is 414 g/mol. The lowest BCUT2D eigenvalue weighted by Gasteiger charge is -2.32. The van der Waals surface area contributed by atoms with E-state index in [1.165, 1.54) is 4.90 Å². The van der Waals surface area contributed by atoms with Crippen LogP contribution in [-0.4, -0.2) is 41.6 Å². The van der Waals surface area contributed by atoms with Crippen LogP contribution in [-0.2, 0) is 4.79 Å². The Morgan fingerprint density at radius 1 is 1.00 bits per heavy atom. The number of piperidine rings is 1. The minimum atomic E-state index is -0.881. The highest BCUT2D eigenvalue weighted by Gasteiger charge is 2.26. The van der Waals surface area contributed by atoms with E-state index in [1.54, 1.807) is 12.1 Å². The Bertz CT molecular complexity index is 936. The van der Waals surface area contributed by atoms with Crippen LogP contribution < -0.4 is 5.32 Å². The minimum Gasteiger partial charge on any atom is -0.353 e. The van der Waals surface area contributed by atoms with E-state index in [2.05, 4.69) is 5.32 Å². The van der Waals surface area contributed by atoms with Crippen LogP contribution in [0.5, 0.6) is 0 Å². The number of hydrogen-bond acceptors (Lipinski definition) is 3. The standard InChI is InChI=1S/C23H24F2N2O3/c1-15-2-4-16(5-3-15)21(28)8-9-22(29)26-18-10-12-27(13-11-18)23(30)19-7-6-17(24)14-20(19)25/h2-7,14,18H,8-13H2,1H3,(H,26,29). The molecule has 0 bridgehead atoms. The number of benzene rings is 2. The average Bonchev–Trinajstić information content (AvgIpc) is 2.72. The molecule has 0 radical (unpaired) electrons. The molecule has 1 aliphatic rings.